The Morgan fingerprint density at radius 1 is 0.857 bits per heavy atom. The van der Waals surface area contributed by atoms with E-state index >= 15 is 0 Å². The van der Waals surface area contributed by atoms with E-state index in [2.05, 4.69) is 67.1 Å². The molecule has 2 aromatic heterocycles. The molecule has 0 N–H and O–H groups in total. The first-order valence-electron chi connectivity index (χ1n) is 7.12. The first-order chi connectivity index (χ1) is 10.3. The van der Waals surface area contributed by atoms with Crippen LogP contribution in [-0.4, -0.2) is 0 Å². The molecule has 4 aromatic rings. The lowest BCUT2D eigenvalue weighted by Gasteiger charge is -2.02. The second kappa shape index (κ2) is 4.45. The Bertz CT molecular complexity index is 966. The van der Waals surface area contributed by atoms with Gasteiger partial charge in [-0.2, -0.15) is 4.57 Å². The van der Waals surface area contributed by atoms with Crippen LogP contribution in [-0.2, 0) is 7.05 Å². The predicted molar refractivity (Wildman–Crippen MR) is 85.1 cm³/mol. The van der Waals surface area contributed by atoms with Gasteiger partial charge in [0.25, 0.3) is 0 Å². The highest BCUT2D eigenvalue weighted by Gasteiger charge is 2.20. The van der Waals surface area contributed by atoms with Gasteiger partial charge in [0.1, 0.15) is 12.6 Å². The molecule has 0 radical (unpaired) electrons. The maximum absolute atomic E-state index is 6.09. The lowest BCUT2D eigenvalue weighted by atomic mass is 10.1. The zero-order valence-corrected chi connectivity index (χ0v) is 12.1. The molecule has 0 spiro atoms. The van der Waals surface area contributed by atoms with Gasteiger partial charge in [0.15, 0.2) is 0 Å². The molecule has 0 aliphatic carbocycles. The number of hydrogen-bond donors (Lipinski definition) is 0. The number of hydrogen-bond acceptors (Lipinski definition) is 1. The summed E-state index contributed by atoms with van der Waals surface area (Å²) in [7, 11) is 2.09. The number of furan rings is 1. The summed E-state index contributed by atoms with van der Waals surface area (Å²) in [5, 5.41) is 2.41. The largest absolute Gasteiger partial charge is 0.449 e. The van der Waals surface area contributed by atoms with E-state index in [4.69, 9.17) is 4.42 Å². The van der Waals surface area contributed by atoms with E-state index in [1.165, 1.54) is 21.9 Å². The Morgan fingerprint density at radius 2 is 1.62 bits per heavy atom. The van der Waals surface area contributed by atoms with Crippen molar-refractivity contribution in [3.05, 3.63) is 66.2 Å². The summed E-state index contributed by atoms with van der Waals surface area (Å²) in [4.78, 5) is 0. The maximum Gasteiger partial charge on any atom is 0.248 e. The highest BCUT2D eigenvalue weighted by atomic mass is 16.3. The van der Waals surface area contributed by atoms with Gasteiger partial charge in [-0.1, -0.05) is 30.3 Å². The molecule has 0 aliphatic rings. The number of fused-ring (bicyclic) bond motifs is 2. The van der Waals surface area contributed by atoms with Crippen LogP contribution in [0.4, 0.5) is 0 Å². The van der Waals surface area contributed by atoms with Gasteiger partial charge in [-0.25, -0.2) is 0 Å². The van der Waals surface area contributed by atoms with Crippen LogP contribution in [0.5, 0.6) is 0 Å². The Labute approximate surface area is 123 Å². The molecular formula is C19H16NO+. The summed E-state index contributed by atoms with van der Waals surface area (Å²) in [6.45, 7) is 2.12. The van der Waals surface area contributed by atoms with E-state index in [0.29, 0.717) is 0 Å². The first-order valence-corrected chi connectivity index (χ1v) is 7.12. The third-order valence-electron chi connectivity index (χ3n) is 4.16. The molecule has 2 aromatic carbocycles. The van der Waals surface area contributed by atoms with Gasteiger partial charge in [0.2, 0.25) is 17.0 Å². The van der Waals surface area contributed by atoms with Crippen LogP contribution >= 0.6 is 0 Å². The second-order valence-corrected chi connectivity index (χ2v) is 5.39. The number of pyridine rings is 1. The molecule has 0 atom stereocenters. The molecule has 0 amide bonds. The van der Waals surface area contributed by atoms with Gasteiger partial charge in [-0.05, 0) is 25.1 Å². The van der Waals surface area contributed by atoms with E-state index in [-0.39, 0.29) is 0 Å². The first kappa shape index (κ1) is 12.2. The lowest BCUT2D eigenvalue weighted by molar-refractivity contribution is -0.634. The van der Waals surface area contributed by atoms with Crippen molar-refractivity contribution in [2.24, 2.45) is 7.05 Å². The lowest BCUT2D eigenvalue weighted by Crippen LogP contribution is -2.31. The van der Waals surface area contributed by atoms with Crippen molar-refractivity contribution < 1.29 is 8.98 Å². The average molecular weight is 274 g/mol. The summed E-state index contributed by atoms with van der Waals surface area (Å²) in [5.41, 5.74) is 4.44. The third kappa shape index (κ3) is 1.76. The molecule has 0 bridgehead atoms. The standard InChI is InChI=1S/C19H16NO/c1-13-15-8-4-6-10-18(15)21-19(13)17-12-11-14-7-3-5-9-16(14)20(17)2/h3-12H,1-2H3/q+1. The van der Waals surface area contributed by atoms with Crippen LogP contribution in [0.1, 0.15) is 5.56 Å². The highest BCUT2D eigenvalue weighted by Crippen LogP contribution is 2.31. The summed E-state index contributed by atoms with van der Waals surface area (Å²) in [5.74, 6) is 0.949. The van der Waals surface area contributed by atoms with Gasteiger partial charge < -0.3 is 4.42 Å². The monoisotopic (exact) mass is 274 g/mol. The number of rotatable bonds is 1. The molecule has 2 heterocycles. The van der Waals surface area contributed by atoms with E-state index in [1.807, 2.05) is 12.1 Å². The Balaban J connectivity index is 2.04. The maximum atomic E-state index is 6.09. The molecule has 102 valence electrons. The molecule has 0 saturated heterocycles. The quantitative estimate of drug-likeness (QED) is 0.471. The van der Waals surface area contributed by atoms with E-state index in [1.54, 1.807) is 0 Å². The van der Waals surface area contributed by atoms with E-state index < -0.39 is 0 Å². The van der Waals surface area contributed by atoms with Crippen molar-refractivity contribution in [3.8, 4) is 11.5 Å². The van der Waals surface area contributed by atoms with Crippen LogP contribution in [0.3, 0.4) is 0 Å². The Morgan fingerprint density at radius 3 is 2.48 bits per heavy atom. The third-order valence-corrected chi connectivity index (χ3v) is 4.16. The van der Waals surface area contributed by atoms with Crippen molar-refractivity contribution >= 4 is 21.9 Å². The molecule has 0 saturated carbocycles. The summed E-state index contributed by atoms with van der Waals surface area (Å²) in [6, 6.07) is 20.9. The van der Waals surface area contributed by atoms with Crippen molar-refractivity contribution in [2.75, 3.05) is 0 Å². The summed E-state index contributed by atoms with van der Waals surface area (Å²) >= 11 is 0. The fourth-order valence-corrected chi connectivity index (χ4v) is 2.99. The van der Waals surface area contributed by atoms with Crippen LogP contribution in [0, 0.1) is 6.92 Å². The van der Waals surface area contributed by atoms with E-state index in [9.17, 15) is 0 Å². The smallest absolute Gasteiger partial charge is 0.248 e. The van der Waals surface area contributed by atoms with Crippen molar-refractivity contribution in [3.63, 3.8) is 0 Å². The van der Waals surface area contributed by atoms with Gasteiger partial charge >= 0.3 is 0 Å². The van der Waals surface area contributed by atoms with Crippen LogP contribution in [0.15, 0.2) is 65.1 Å². The summed E-state index contributed by atoms with van der Waals surface area (Å²) in [6.07, 6.45) is 0. The van der Waals surface area contributed by atoms with Crippen molar-refractivity contribution in [2.45, 2.75) is 6.92 Å². The van der Waals surface area contributed by atoms with Crippen molar-refractivity contribution in [1.82, 2.24) is 0 Å². The number of nitrogens with zero attached hydrogens (tertiary/aromatic N) is 1. The fraction of sp³-hybridized carbons (Fsp3) is 0.105. The minimum Gasteiger partial charge on any atom is -0.449 e. The Kier molecular flexibility index (Phi) is 2.58. The molecule has 0 unspecified atom stereocenters. The fourth-order valence-electron chi connectivity index (χ4n) is 2.99. The molecule has 4 rings (SSSR count). The number of para-hydroxylation sites is 2. The molecule has 0 aliphatic heterocycles. The van der Waals surface area contributed by atoms with Crippen LogP contribution in [0.25, 0.3) is 33.3 Å². The minimum absolute atomic E-state index is 0.943. The normalized spacial score (nSPS) is 11.3. The zero-order valence-electron chi connectivity index (χ0n) is 12.1. The average Bonchev–Trinajstić information content (AvgIpc) is 2.85. The molecule has 2 nitrogen and oxygen atoms in total. The van der Waals surface area contributed by atoms with Crippen LogP contribution < -0.4 is 4.57 Å². The van der Waals surface area contributed by atoms with Gasteiger partial charge in [-0.3, -0.25) is 0 Å². The minimum atomic E-state index is 0.943. The molecule has 0 fully saturated rings. The highest BCUT2D eigenvalue weighted by molar-refractivity contribution is 5.87. The van der Waals surface area contributed by atoms with Gasteiger partial charge in [0.05, 0.1) is 0 Å². The van der Waals surface area contributed by atoms with Crippen LogP contribution in [0.2, 0.25) is 0 Å². The Hall–Kier alpha value is -2.61. The SMILES string of the molecule is Cc1c(-c2ccc3ccccc3[n+]2C)oc2ccccc12. The van der Waals surface area contributed by atoms with Gasteiger partial charge in [0, 0.05) is 28.5 Å². The molecule has 2 heteroatoms. The van der Waals surface area contributed by atoms with Crippen molar-refractivity contribution in [1.29, 1.82) is 0 Å². The molecule has 21 heavy (non-hydrogen) atoms. The summed E-state index contributed by atoms with van der Waals surface area (Å²) < 4.78 is 8.29. The topological polar surface area (TPSA) is 17.0 Å². The number of benzene rings is 2. The zero-order chi connectivity index (χ0) is 14.4. The number of aromatic nitrogens is 1. The molecular weight excluding hydrogens is 258 g/mol. The van der Waals surface area contributed by atoms with Gasteiger partial charge in [-0.15, -0.1) is 0 Å². The van der Waals surface area contributed by atoms with E-state index in [0.717, 1.165) is 17.0 Å². The second-order valence-electron chi connectivity index (χ2n) is 5.39. The number of aryl methyl sites for hydroxylation is 2. The predicted octanol–water partition coefficient (Wildman–Crippen LogP) is 4.39.